The number of nitrogens with one attached hydrogen (secondary N) is 1. The zero-order valence-electron chi connectivity index (χ0n) is 16.3. The molecule has 32 heavy (non-hydrogen) atoms. The van der Waals surface area contributed by atoms with E-state index in [0.717, 1.165) is 12.1 Å². The largest absolute Gasteiger partial charge is 0.573 e. The first kappa shape index (κ1) is 23.9. The molecule has 0 aliphatic heterocycles. The molecule has 0 saturated carbocycles. The molecule has 0 aliphatic rings. The van der Waals surface area contributed by atoms with E-state index < -0.39 is 18.2 Å². The second-order valence-corrected chi connectivity index (χ2v) is 7.52. The van der Waals surface area contributed by atoms with E-state index in [-0.39, 0.29) is 25.3 Å². The Morgan fingerprint density at radius 1 is 1.19 bits per heavy atom. The molecule has 1 unspecified atom stereocenters. The highest BCUT2D eigenvalue weighted by molar-refractivity contribution is 6.36. The summed E-state index contributed by atoms with van der Waals surface area (Å²) in [6.07, 6.45) is -4.12. The minimum Gasteiger partial charge on any atom is -0.441 e. The number of halogens is 5. The van der Waals surface area contributed by atoms with Crippen LogP contribution in [0.3, 0.4) is 0 Å². The average Bonchev–Trinajstić information content (AvgIpc) is 3.18. The Balaban J connectivity index is 1.47. The van der Waals surface area contributed by atoms with Crippen molar-refractivity contribution in [3.05, 3.63) is 70.2 Å². The highest BCUT2D eigenvalue weighted by atomic mass is 35.5. The number of hydrogen-bond donors (Lipinski definition) is 2. The van der Waals surface area contributed by atoms with Gasteiger partial charge in [-0.2, -0.15) is 0 Å². The molecular weight excluding hydrogens is 472 g/mol. The van der Waals surface area contributed by atoms with Gasteiger partial charge in [0, 0.05) is 30.0 Å². The van der Waals surface area contributed by atoms with Crippen LogP contribution in [0.1, 0.15) is 24.0 Å². The number of hydrogen-bond acceptors (Lipinski definition) is 5. The zero-order chi connectivity index (χ0) is 23.3. The van der Waals surface area contributed by atoms with Crippen LogP contribution in [-0.4, -0.2) is 28.9 Å². The van der Waals surface area contributed by atoms with Crippen LogP contribution in [0.5, 0.6) is 5.75 Å². The molecule has 0 bridgehead atoms. The number of oxazole rings is 1. The fraction of sp³-hybridized carbons (Fsp3) is 0.238. The number of nitrogens with zero attached hydrogens (tertiary/aromatic N) is 1. The zero-order valence-corrected chi connectivity index (χ0v) is 17.8. The summed E-state index contributed by atoms with van der Waals surface area (Å²) in [4.78, 5) is 16.2. The molecule has 11 heteroatoms. The van der Waals surface area contributed by atoms with Gasteiger partial charge in [-0.15, -0.1) is 13.2 Å². The Labute approximate surface area is 190 Å². The summed E-state index contributed by atoms with van der Waals surface area (Å²) < 4.78 is 45.9. The number of ether oxygens (including phenoxy) is 1. The van der Waals surface area contributed by atoms with Gasteiger partial charge in [0.2, 0.25) is 5.91 Å². The van der Waals surface area contributed by atoms with Crippen molar-refractivity contribution in [2.75, 3.05) is 6.54 Å². The number of carbonyl (C=O) groups is 1. The van der Waals surface area contributed by atoms with Crippen molar-refractivity contribution < 1.29 is 32.2 Å². The third-order valence-corrected chi connectivity index (χ3v) is 4.85. The van der Waals surface area contributed by atoms with Crippen LogP contribution in [0.25, 0.3) is 11.3 Å². The van der Waals surface area contributed by atoms with Crippen LogP contribution in [0.15, 0.2) is 53.1 Å². The average molecular weight is 489 g/mol. The van der Waals surface area contributed by atoms with Gasteiger partial charge in [-0.05, 0) is 35.9 Å². The third kappa shape index (κ3) is 6.88. The van der Waals surface area contributed by atoms with Gasteiger partial charge in [0.05, 0.1) is 17.3 Å². The summed E-state index contributed by atoms with van der Waals surface area (Å²) in [5.41, 5.74) is 0.950. The van der Waals surface area contributed by atoms with Crippen molar-refractivity contribution in [2.45, 2.75) is 25.3 Å². The molecule has 2 N–H and O–H groups in total. The quantitative estimate of drug-likeness (QED) is 0.447. The number of aliphatic hydroxyl groups is 1. The van der Waals surface area contributed by atoms with Crippen LogP contribution in [0, 0.1) is 0 Å². The van der Waals surface area contributed by atoms with E-state index in [1.807, 2.05) is 0 Å². The van der Waals surface area contributed by atoms with Crippen LogP contribution in [0.4, 0.5) is 13.2 Å². The standard InChI is InChI=1S/C21H17Cl2F3N2O4/c22-13-3-6-15(16(23)9-13)18-11-28-20(31-18)8-7-19(30)27-10-17(29)12-1-4-14(5-2-12)32-21(24,25)26/h1-6,9,11,17,29H,7-8,10H2,(H,27,30). The molecule has 0 fully saturated rings. The topological polar surface area (TPSA) is 84.6 Å². The smallest absolute Gasteiger partial charge is 0.441 e. The third-order valence-electron chi connectivity index (χ3n) is 4.31. The molecule has 1 atom stereocenters. The van der Waals surface area contributed by atoms with Crippen LogP contribution >= 0.6 is 23.2 Å². The van der Waals surface area contributed by atoms with E-state index in [0.29, 0.717) is 32.8 Å². The SMILES string of the molecule is O=C(CCc1ncc(-c2ccc(Cl)cc2Cl)o1)NCC(O)c1ccc(OC(F)(F)F)cc1. The number of aromatic nitrogens is 1. The fourth-order valence-electron chi connectivity index (χ4n) is 2.77. The molecule has 1 aromatic heterocycles. The molecule has 3 aromatic rings. The molecule has 0 spiro atoms. The number of carbonyl (C=O) groups excluding carboxylic acids is 1. The van der Waals surface area contributed by atoms with E-state index in [1.165, 1.54) is 18.3 Å². The van der Waals surface area contributed by atoms with Crippen molar-refractivity contribution in [2.24, 2.45) is 0 Å². The normalized spacial score (nSPS) is 12.4. The van der Waals surface area contributed by atoms with Gasteiger partial charge in [-0.3, -0.25) is 4.79 Å². The van der Waals surface area contributed by atoms with Gasteiger partial charge in [0.25, 0.3) is 0 Å². The van der Waals surface area contributed by atoms with Crippen LogP contribution in [0.2, 0.25) is 10.0 Å². The van der Waals surface area contributed by atoms with Crippen molar-refractivity contribution in [1.29, 1.82) is 0 Å². The van der Waals surface area contributed by atoms with Crippen molar-refractivity contribution in [3.63, 3.8) is 0 Å². The number of rotatable bonds is 8. The van der Waals surface area contributed by atoms with Gasteiger partial charge >= 0.3 is 6.36 Å². The summed E-state index contributed by atoms with van der Waals surface area (Å²) in [6, 6.07) is 9.69. The monoisotopic (exact) mass is 488 g/mol. The van der Waals surface area contributed by atoms with E-state index in [4.69, 9.17) is 27.6 Å². The Bertz CT molecular complexity index is 1070. The van der Waals surface area contributed by atoms with Gasteiger partial charge in [-0.25, -0.2) is 4.98 Å². The molecule has 0 radical (unpaired) electrons. The lowest BCUT2D eigenvalue weighted by atomic mass is 10.1. The van der Waals surface area contributed by atoms with Crippen molar-refractivity contribution in [1.82, 2.24) is 10.3 Å². The van der Waals surface area contributed by atoms with Crippen LogP contribution < -0.4 is 10.1 Å². The Kier molecular flexibility index (Phi) is 7.65. The highest BCUT2D eigenvalue weighted by Gasteiger charge is 2.31. The lowest BCUT2D eigenvalue weighted by Gasteiger charge is -2.13. The molecule has 2 aromatic carbocycles. The minimum absolute atomic E-state index is 0.0549. The lowest BCUT2D eigenvalue weighted by molar-refractivity contribution is -0.274. The van der Waals surface area contributed by atoms with Gasteiger partial charge in [0.15, 0.2) is 11.7 Å². The predicted octanol–water partition coefficient (Wildman–Crippen LogP) is 5.33. The van der Waals surface area contributed by atoms with E-state index >= 15 is 0 Å². The molecule has 3 rings (SSSR count). The molecule has 6 nitrogen and oxygen atoms in total. The maximum absolute atomic E-state index is 12.2. The first-order valence-electron chi connectivity index (χ1n) is 9.31. The van der Waals surface area contributed by atoms with Crippen LogP contribution in [-0.2, 0) is 11.2 Å². The Hall–Kier alpha value is -2.75. The Morgan fingerprint density at radius 3 is 2.56 bits per heavy atom. The van der Waals surface area contributed by atoms with Gasteiger partial charge in [0.1, 0.15) is 5.75 Å². The summed E-state index contributed by atoms with van der Waals surface area (Å²) in [5, 5.41) is 13.6. The number of alkyl halides is 3. The molecule has 0 aliphatic carbocycles. The number of aryl methyl sites for hydroxylation is 1. The summed E-state index contributed by atoms with van der Waals surface area (Å²) >= 11 is 12.0. The molecule has 170 valence electrons. The molecule has 1 heterocycles. The number of amides is 1. The summed E-state index contributed by atoms with van der Waals surface area (Å²) in [6.45, 7) is -0.116. The number of aliphatic hydroxyl groups excluding tert-OH is 1. The van der Waals surface area contributed by atoms with Crippen molar-refractivity contribution >= 4 is 29.1 Å². The van der Waals surface area contributed by atoms with Gasteiger partial charge < -0.3 is 19.6 Å². The maximum Gasteiger partial charge on any atom is 0.573 e. The molecule has 0 saturated heterocycles. The second kappa shape index (κ2) is 10.2. The summed E-state index contributed by atoms with van der Waals surface area (Å²) in [7, 11) is 0. The lowest BCUT2D eigenvalue weighted by Crippen LogP contribution is -2.28. The van der Waals surface area contributed by atoms with E-state index in [1.54, 1.807) is 18.2 Å². The summed E-state index contributed by atoms with van der Waals surface area (Å²) in [5.74, 6) is 0.0189. The first-order chi connectivity index (χ1) is 15.1. The molecule has 1 amide bonds. The van der Waals surface area contributed by atoms with E-state index in [9.17, 15) is 23.1 Å². The minimum atomic E-state index is -4.79. The maximum atomic E-state index is 12.2. The molecular formula is C21H17Cl2F3N2O4. The number of benzene rings is 2. The predicted molar refractivity (Wildman–Crippen MR) is 111 cm³/mol. The Morgan fingerprint density at radius 2 is 1.91 bits per heavy atom. The van der Waals surface area contributed by atoms with Crippen molar-refractivity contribution in [3.8, 4) is 17.1 Å². The second-order valence-electron chi connectivity index (χ2n) is 6.68. The van der Waals surface area contributed by atoms with E-state index in [2.05, 4.69) is 15.0 Å². The highest BCUT2D eigenvalue weighted by Crippen LogP contribution is 2.31. The first-order valence-corrected chi connectivity index (χ1v) is 10.1. The fourth-order valence-corrected chi connectivity index (χ4v) is 3.27. The van der Waals surface area contributed by atoms with Gasteiger partial charge in [-0.1, -0.05) is 35.3 Å².